The Morgan fingerprint density at radius 2 is 2.35 bits per heavy atom. The fourth-order valence-corrected chi connectivity index (χ4v) is 4.37. The molecule has 1 aliphatic rings. The molecule has 1 aliphatic carbocycles. The number of nitrogens with zero attached hydrogens (tertiary/aromatic N) is 3. The van der Waals surface area contributed by atoms with Gasteiger partial charge in [-0.15, -0.1) is 5.10 Å². The summed E-state index contributed by atoms with van der Waals surface area (Å²) in [4.78, 5) is 15.4. The van der Waals surface area contributed by atoms with Gasteiger partial charge in [0.05, 0.1) is 7.05 Å². The fraction of sp³-hybridized carbons (Fsp3) is 0.533. The Bertz CT molecular complexity index is 717. The standard InChI is InChI=1S/C15H20N4OS3/c1-3-13(20)19(12-4-5-12)14-16-18(15(21)23-14)10-17(2)8-11-6-7-22-9-11/h6-7,9,12H,3-5,8,10H2,1-2H3/p+1. The number of carbonyl (C=O) groups is 1. The number of carbonyl (C=O) groups excluding carboxylic acids is 1. The molecule has 8 heteroatoms. The van der Waals surface area contributed by atoms with Gasteiger partial charge in [0.25, 0.3) is 0 Å². The van der Waals surface area contributed by atoms with Crippen LogP contribution in [0.5, 0.6) is 0 Å². The number of hydrogen-bond donors (Lipinski definition) is 1. The molecule has 2 aromatic rings. The van der Waals surface area contributed by atoms with Crippen LogP contribution in [0.3, 0.4) is 0 Å². The molecular formula is C15H21N4OS3+. The van der Waals surface area contributed by atoms with Crippen molar-refractivity contribution in [1.82, 2.24) is 9.78 Å². The second kappa shape index (κ2) is 7.21. The largest absolute Gasteiger partial charge is 0.315 e. The molecule has 3 rings (SSSR count). The van der Waals surface area contributed by atoms with E-state index in [0.717, 1.165) is 28.5 Å². The van der Waals surface area contributed by atoms with Gasteiger partial charge in [-0.1, -0.05) is 18.3 Å². The Hall–Kier alpha value is -1.09. The molecule has 0 bridgehead atoms. The molecule has 1 atom stereocenters. The van der Waals surface area contributed by atoms with Crippen LogP contribution >= 0.6 is 34.9 Å². The first-order valence-corrected chi connectivity index (χ1v) is 9.97. The van der Waals surface area contributed by atoms with Crippen LogP contribution in [-0.2, 0) is 18.0 Å². The van der Waals surface area contributed by atoms with Crippen molar-refractivity contribution in [1.29, 1.82) is 0 Å². The summed E-state index contributed by atoms with van der Waals surface area (Å²) in [6.07, 6.45) is 2.65. The molecule has 1 N–H and O–H groups in total. The van der Waals surface area contributed by atoms with E-state index >= 15 is 0 Å². The van der Waals surface area contributed by atoms with Crippen molar-refractivity contribution in [2.45, 2.75) is 45.4 Å². The zero-order valence-electron chi connectivity index (χ0n) is 13.3. The lowest BCUT2D eigenvalue weighted by Crippen LogP contribution is -3.06. The van der Waals surface area contributed by atoms with Crippen LogP contribution in [0.4, 0.5) is 5.13 Å². The number of nitrogens with one attached hydrogen (secondary N) is 1. The molecule has 0 aromatic carbocycles. The molecule has 2 heterocycles. The second-order valence-electron chi connectivity index (χ2n) is 5.92. The van der Waals surface area contributed by atoms with Crippen LogP contribution in [0.15, 0.2) is 16.8 Å². The lowest BCUT2D eigenvalue weighted by Gasteiger charge is -2.18. The summed E-state index contributed by atoms with van der Waals surface area (Å²) >= 11 is 8.62. The van der Waals surface area contributed by atoms with Gasteiger partial charge in [0.2, 0.25) is 11.0 Å². The lowest BCUT2D eigenvalue weighted by atomic mass is 10.3. The van der Waals surface area contributed by atoms with Crippen LogP contribution in [0.25, 0.3) is 0 Å². The first-order chi connectivity index (χ1) is 11.1. The summed E-state index contributed by atoms with van der Waals surface area (Å²) in [5.74, 6) is 0.141. The summed E-state index contributed by atoms with van der Waals surface area (Å²) in [6.45, 7) is 3.55. The van der Waals surface area contributed by atoms with Crippen LogP contribution < -0.4 is 9.80 Å². The number of aromatic nitrogens is 2. The number of rotatable bonds is 7. The van der Waals surface area contributed by atoms with Gasteiger partial charge in [0.15, 0.2) is 10.6 Å². The van der Waals surface area contributed by atoms with Crippen molar-refractivity contribution in [3.63, 3.8) is 0 Å². The molecule has 1 unspecified atom stereocenters. The third-order valence-corrected chi connectivity index (χ3v) is 5.83. The molecule has 0 saturated heterocycles. The normalized spacial score (nSPS) is 15.6. The van der Waals surface area contributed by atoms with Crippen LogP contribution in [0, 0.1) is 3.95 Å². The maximum absolute atomic E-state index is 12.2. The van der Waals surface area contributed by atoms with Crippen molar-refractivity contribution in [3.8, 4) is 0 Å². The number of amides is 1. The molecule has 1 amide bonds. The Labute approximate surface area is 149 Å². The van der Waals surface area contributed by atoms with E-state index in [2.05, 4.69) is 29.0 Å². The highest BCUT2D eigenvalue weighted by atomic mass is 32.1. The Morgan fingerprint density at radius 3 is 2.96 bits per heavy atom. The quantitative estimate of drug-likeness (QED) is 0.762. The van der Waals surface area contributed by atoms with Crippen molar-refractivity contribution in [2.75, 3.05) is 11.9 Å². The first kappa shape index (κ1) is 16.8. The van der Waals surface area contributed by atoms with Crippen molar-refractivity contribution in [2.24, 2.45) is 0 Å². The van der Waals surface area contributed by atoms with Crippen LogP contribution in [0.1, 0.15) is 31.7 Å². The van der Waals surface area contributed by atoms with Crippen molar-refractivity contribution >= 4 is 45.9 Å². The van der Waals surface area contributed by atoms with E-state index in [1.165, 1.54) is 21.8 Å². The molecule has 1 saturated carbocycles. The minimum atomic E-state index is 0.141. The maximum atomic E-state index is 12.2. The van der Waals surface area contributed by atoms with E-state index in [0.29, 0.717) is 19.1 Å². The van der Waals surface area contributed by atoms with Gasteiger partial charge in [-0.25, -0.2) is 0 Å². The molecule has 0 spiro atoms. The van der Waals surface area contributed by atoms with Gasteiger partial charge in [-0.2, -0.15) is 16.0 Å². The molecule has 124 valence electrons. The Morgan fingerprint density at radius 1 is 1.57 bits per heavy atom. The minimum absolute atomic E-state index is 0.141. The zero-order chi connectivity index (χ0) is 16.4. The third kappa shape index (κ3) is 4.06. The first-order valence-electron chi connectivity index (χ1n) is 7.81. The zero-order valence-corrected chi connectivity index (χ0v) is 15.8. The Kier molecular flexibility index (Phi) is 5.25. The second-order valence-corrected chi connectivity index (χ2v) is 8.30. The van der Waals surface area contributed by atoms with E-state index < -0.39 is 0 Å². The predicted octanol–water partition coefficient (Wildman–Crippen LogP) is 2.31. The number of hydrogen-bond acceptors (Lipinski definition) is 5. The molecular weight excluding hydrogens is 348 g/mol. The summed E-state index contributed by atoms with van der Waals surface area (Å²) in [5.41, 5.74) is 1.33. The maximum Gasteiger partial charge on any atom is 0.228 e. The van der Waals surface area contributed by atoms with Gasteiger partial charge in [0.1, 0.15) is 6.54 Å². The lowest BCUT2D eigenvalue weighted by molar-refractivity contribution is -0.917. The number of anilines is 1. The molecule has 0 radical (unpaired) electrons. The van der Waals surface area contributed by atoms with Crippen molar-refractivity contribution in [3.05, 3.63) is 26.3 Å². The van der Waals surface area contributed by atoms with E-state index in [-0.39, 0.29) is 5.91 Å². The average Bonchev–Trinajstić information content (AvgIpc) is 3.10. The average molecular weight is 370 g/mol. The van der Waals surface area contributed by atoms with E-state index in [4.69, 9.17) is 12.2 Å². The molecule has 1 fully saturated rings. The van der Waals surface area contributed by atoms with Crippen LogP contribution in [0.2, 0.25) is 0 Å². The smallest absolute Gasteiger partial charge is 0.228 e. The monoisotopic (exact) mass is 369 g/mol. The van der Waals surface area contributed by atoms with Gasteiger partial charge >= 0.3 is 0 Å². The van der Waals surface area contributed by atoms with Gasteiger partial charge in [0, 0.05) is 18.0 Å². The van der Waals surface area contributed by atoms with Gasteiger partial charge < -0.3 is 4.90 Å². The van der Waals surface area contributed by atoms with Crippen LogP contribution in [-0.4, -0.2) is 28.8 Å². The minimum Gasteiger partial charge on any atom is -0.315 e. The topological polar surface area (TPSA) is 42.6 Å². The number of thiophene rings is 1. The summed E-state index contributed by atoms with van der Waals surface area (Å²) in [7, 11) is 2.13. The SMILES string of the molecule is CCC(=O)N(c1nn(C[NH+](C)Cc2ccsc2)c(=S)s1)C1CC1. The molecule has 0 aliphatic heterocycles. The molecule has 5 nitrogen and oxygen atoms in total. The van der Waals surface area contributed by atoms with E-state index in [9.17, 15) is 4.79 Å². The van der Waals surface area contributed by atoms with Gasteiger partial charge in [-0.3, -0.25) is 9.69 Å². The van der Waals surface area contributed by atoms with Gasteiger partial charge in [-0.05, 0) is 41.9 Å². The Balaban J connectivity index is 1.72. The van der Waals surface area contributed by atoms with Crippen molar-refractivity contribution < 1.29 is 9.69 Å². The summed E-state index contributed by atoms with van der Waals surface area (Å²) < 4.78 is 2.59. The number of quaternary nitrogens is 1. The van der Waals surface area contributed by atoms with E-state index in [1.807, 2.05) is 16.5 Å². The fourth-order valence-electron chi connectivity index (χ4n) is 2.52. The third-order valence-electron chi connectivity index (χ3n) is 3.79. The summed E-state index contributed by atoms with van der Waals surface area (Å²) in [5, 5.41) is 9.65. The molecule has 2 aromatic heterocycles. The highest BCUT2D eigenvalue weighted by Crippen LogP contribution is 2.33. The summed E-state index contributed by atoms with van der Waals surface area (Å²) in [6, 6.07) is 2.47. The predicted molar refractivity (Wildman–Crippen MR) is 96.6 cm³/mol. The highest BCUT2D eigenvalue weighted by Gasteiger charge is 2.35. The highest BCUT2D eigenvalue weighted by molar-refractivity contribution is 7.73. The molecule has 23 heavy (non-hydrogen) atoms. The van der Waals surface area contributed by atoms with E-state index in [1.54, 1.807) is 11.3 Å².